The van der Waals surface area contributed by atoms with Crippen LogP contribution in [0, 0.1) is 0 Å². The molecule has 0 radical (unpaired) electrons. The average Bonchev–Trinajstić information content (AvgIpc) is 3.94. The summed E-state index contributed by atoms with van der Waals surface area (Å²) in [6, 6.07) is 37.0. The van der Waals surface area contributed by atoms with Gasteiger partial charge in [-0.25, -0.2) is 0 Å². The van der Waals surface area contributed by atoms with Gasteiger partial charge in [-0.05, 0) is 149 Å². The Bertz CT molecular complexity index is 2930. The summed E-state index contributed by atoms with van der Waals surface area (Å²) in [6.07, 6.45) is 0. The molecule has 10 rings (SSSR count). The first kappa shape index (κ1) is 38.6. The van der Waals surface area contributed by atoms with Gasteiger partial charge in [-0.2, -0.15) is 0 Å². The zero-order valence-electron chi connectivity index (χ0n) is 37.5. The minimum atomic E-state index is 0.340. The molecule has 302 valence electrons. The van der Waals surface area contributed by atoms with Crippen molar-refractivity contribution in [2.45, 2.75) is 119 Å². The SMILES string of the molecule is CC(C)c1cc(C(C)C)c(C2=c3cc4cc5c(cc4cc3-c3c2oc2ccccc32)=C(c2c(C(C)C)cc(C(C)C)cc2C(C)C)c2oc3ccccc3c2-5)c(C(C)C)c1. The fourth-order valence-corrected chi connectivity index (χ4v) is 10.4. The molecule has 2 aliphatic carbocycles. The van der Waals surface area contributed by atoms with E-state index in [1.807, 2.05) is 0 Å². The normalized spacial score (nSPS) is 13.5. The highest BCUT2D eigenvalue weighted by Crippen LogP contribution is 2.50. The Kier molecular flexibility index (Phi) is 8.99. The number of furan rings is 2. The Morgan fingerprint density at radius 2 is 0.683 bits per heavy atom. The van der Waals surface area contributed by atoms with E-state index in [4.69, 9.17) is 8.83 Å². The van der Waals surface area contributed by atoms with Crippen molar-refractivity contribution in [3.05, 3.63) is 164 Å². The maximum Gasteiger partial charge on any atom is 0.144 e. The average molecular weight is 787 g/mol. The molecule has 60 heavy (non-hydrogen) atoms. The van der Waals surface area contributed by atoms with Crippen LogP contribution in [-0.4, -0.2) is 0 Å². The minimum absolute atomic E-state index is 0.340. The van der Waals surface area contributed by atoms with Gasteiger partial charge in [0.2, 0.25) is 0 Å². The lowest BCUT2D eigenvalue weighted by Gasteiger charge is -2.24. The van der Waals surface area contributed by atoms with E-state index in [2.05, 4.69) is 180 Å². The molecule has 0 bridgehead atoms. The third-order valence-corrected chi connectivity index (χ3v) is 13.6. The number of rotatable bonds is 8. The summed E-state index contributed by atoms with van der Waals surface area (Å²) in [7, 11) is 0. The molecule has 0 aliphatic heterocycles. The summed E-state index contributed by atoms with van der Waals surface area (Å²) in [6.45, 7) is 28.0. The maximum atomic E-state index is 7.02. The molecule has 0 saturated heterocycles. The largest absolute Gasteiger partial charge is 0.455 e. The smallest absolute Gasteiger partial charge is 0.144 e. The van der Waals surface area contributed by atoms with E-state index >= 15 is 0 Å². The fourth-order valence-electron chi connectivity index (χ4n) is 10.4. The van der Waals surface area contributed by atoms with Crippen LogP contribution in [-0.2, 0) is 0 Å². The minimum Gasteiger partial charge on any atom is -0.455 e. The van der Waals surface area contributed by atoms with Crippen LogP contribution in [0.5, 0.6) is 0 Å². The Balaban J connectivity index is 1.37. The topological polar surface area (TPSA) is 26.3 Å². The molecule has 2 nitrogen and oxygen atoms in total. The van der Waals surface area contributed by atoms with Crippen LogP contribution in [0.1, 0.15) is 175 Å². The van der Waals surface area contributed by atoms with Crippen molar-refractivity contribution in [1.82, 2.24) is 0 Å². The van der Waals surface area contributed by atoms with Gasteiger partial charge in [0, 0.05) is 33.0 Å². The van der Waals surface area contributed by atoms with E-state index in [9.17, 15) is 0 Å². The summed E-state index contributed by atoms with van der Waals surface area (Å²) in [5.74, 6) is 4.24. The lowest BCUT2D eigenvalue weighted by molar-refractivity contribution is 0.601. The second kappa shape index (κ2) is 14.0. The summed E-state index contributed by atoms with van der Waals surface area (Å²) in [5.41, 5.74) is 20.4. The summed E-state index contributed by atoms with van der Waals surface area (Å²) >= 11 is 0. The fraction of sp³-hybridized carbons (Fsp3) is 0.310. The highest BCUT2D eigenvalue weighted by atomic mass is 16.3. The molecule has 0 atom stereocenters. The van der Waals surface area contributed by atoms with Crippen LogP contribution >= 0.6 is 0 Å². The van der Waals surface area contributed by atoms with Gasteiger partial charge in [0.05, 0.1) is 0 Å². The molecule has 0 unspecified atom stereocenters. The van der Waals surface area contributed by atoms with E-state index in [0.717, 1.165) is 22.7 Å². The molecule has 2 aliphatic rings. The Morgan fingerprint density at radius 1 is 0.350 bits per heavy atom. The van der Waals surface area contributed by atoms with Crippen LogP contribution in [0.15, 0.2) is 106 Å². The van der Waals surface area contributed by atoms with Crippen LogP contribution in [0.2, 0.25) is 0 Å². The molecule has 2 aromatic heterocycles. The lowest BCUT2D eigenvalue weighted by atomic mass is 9.81. The first-order valence-electron chi connectivity index (χ1n) is 22.5. The van der Waals surface area contributed by atoms with Gasteiger partial charge >= 0.3 is 0 Å². The molecule has 0 N–H and O–H groups in total. The van der Waals surface area contributed by atoms with Crippen LogP contribution in [0.3, 0.4) is 0 Å². The molecule has 6 aromatic carbocycles. The zero-order valence-corrected chi connectivity index (χ0v) is 37.5. The van der Waals surface area contributed by atoms with E-state index in [-0.39, 0.29) is 0 Å². The summed E-state index contributed by atoms with van der Waals surface area (Å²) < 4.78 is 14.0. The van der Waals surface area contributed by atoms with Gasteiger partial charge in [0.15, 0.2) is 0 Å². The second-order valence-corrected chi connectivity index (χ2v) is 19.6. The van der Waals surface area contributed by atoms with Gasteiger partial charge in [-0.1, -0.05) is 144 Å². The quantitative estimate of drug-likeness (QED) is 0.153. The summed E-state index contributed by atoms with van der Waals surface area (Å²) in [5, 5.41) is 7.33. The van der Waals surface area contributed by atoms with Crippen molar-refractivity contribution in [2.75, 3.05) is 0 Å². The highest BCUT2D eigenvalue weighted by Gasteiger charge is 2.35. The first-order chi connectivity index (χ1) is 28.7. The van der Waals surface area contributed by atoms with E-state index < -0.39 is 0 Å². The van der Waals surface area contributed by atoms with Crippen LogP contribution < -0.4 is 10.4 Å². The van der Waals surface area contributed by atoms with Gasteiger partial charge in [-0.3, -0.25) is 0 Å². The lowest BCUT2D eigenvalue weighted by Crippen LogP contribution is -2.14. The monoisotopic (exact) mass is 786 g/mol. The van der Waals surface area contributed by atoms with E-state index in [1.54, 1.807) is 0 Å². The van der Waals surface area contributed by atoms with Gasteiger partial charge in [-0.15, -0.1) is 0 Å². The van der Waals surface area contributed by atoms with Crippen molar-refractivity contribution in [3.63, 3.8) is 0 Å². The molecule has 2 heteroatoms. The van der Waals surface area contributed by atoms with Crippen LogP contribution in [0.25, 0.3) is 66.1 Å². The molecular formula is C58H58O2. The third kappa shape index (κ3) is 5.66. The molecular weight excluding hydrogens is 729 g/mol. The molecule has 0 fully saturated rings. The van der Waals surface area contributed by atoms with Crippen molar-refractivity contribution in [2.24, 2.45) is 0 Å². The first-order valence-corrected chi connectivity index (χ1v) is 22.5. The Labute approximate surface area is 355 Å². The van der Waals surface area contributed by atoms with Crippen molar-refractivity contribution < 1.29 is 8.83 Å². The standard InChI is InChI=1S/C58H58O2/c1-29(2)35-21-41(31(5)6)51(42(22-35)32(7)8)55-47-27-37-26-46-48(28-38(37)25-45(47)53-39-17-13-15-19-49(39)59-57(53)55)56(58-54(46)40-18-14-16-20-50(40)60-58)52-43(33(9)10)23-36(30(3)4)24-44(52)34(11)12/h13-34H,1-12H3. The second-order valence-electron chi connectivity index (χ2n) is 19.6. The number of hydrogen-bond donors (Lipinski definition) is 0. The van der Waals surface area contributed by atoms with E-state index in [0.29, 0.717) is 35.5 Å². The highest BCUT2D eigenvalue weighted by molar-refractivity contribution is 6.12. The maximum absolute atomic E-state index is 7.02. The third-order valence-electron chi connectivity index (χ3n) is 13.6. The number of fused-ring (bicyclic) bond motifs is 11. The molecule has 2 heterocycles. The molecule has 0 spiro atoms. The van der Waals surface area contributed by atoms with E-state index in [1.165, 1.54) is 110 Å². The molecule has 0 amide bonds. The van der Waals surface area contributed by atoms with Crippen molar-refractivity contribution >= 4 is 43.9 Å². The van der Waals surface area contributed by atoms with Crippen molar-refractivity contribution in [1.29, 1.82) is 0 Å². The number of para-hydroxylation sites is 2. The number of benzene rings is 6. The number of hydrogen-bond acceptors (Lipinski definition) is 2. The molecule has 0 saturated carbocycles. The Morgan fingerprint density at radius 3 is 1.00 bits per heavy atom. The predicted octanol–water partition coefficient (Wildman–Crippen LogP) is 15.5. The van der Waals surface area contributed by atoms with Gasteiger partial charge in [0.1, 0.15) is 22.7 Å². The predicted molar refractivity (Wildman–Crippen MR) is 254 cm³/mol. The molecule has 8 aromatic rings. The Hall–Kier alpha value is -5.60. The zero-order chi connectivity index (χ0) is 42.0. The van der Waals surface area contributed by atoms with Crippen molar-refractivity contribution in [3.8, 4) is 22.3 Å². The van der Waals surface area contributed by atoms with Gasteiger partial charge in [0.25, 0.3) is 0 Å². The van der Waals surface area contributed by atoms with Crippen LogP contribution in [0.4, 0.5) is 0 Å². The summed E-state index contributed by atoms with van der Waals surface area (Å²) in [4.78, 5) is 0. The van der Waals surface area contributed by atoms with Gasteiger partial charge < -0.3 is 8.83 Å².